The van der Waals surface area contributed by atoms with Gasteiger partial charge in [0.15, 0.2) is 5.96 Å². The Kier molecular flexibility index (Phi) is 11.8. The third kappa shape index (κ3) is 8.53. The highest BCUT2D eigenvalue weighted by molar-refractivity contribution is 14.0. The second kappa shape index (κ2) is 13.2. The van der Waals surface area contributed by atoms with Gasteiger partial charge in [-0.25, -0.2) is 0 Å². The number of benzene rings is 1. The zero-order valence-electron chi connectivity index (χ0n) is 18.1. The first-order chi connectivity index (χ1) is 13.0. The molecule has 2 rings (SSSR count). The highest BCUT2D eigenvalue weighted by Crippen LogP contribution is 2.21. The standard InChI is InChI=1S/C21H37N5O.HI/c1-6-25-11-13-26(14-12-25)10-9-23-21(22-5)24-16-19-8-7-18(4)15-20(19)27-17(2)3;/h7-8,15,17H,6,9-14,16H2,1-5H3,(H2,22,23,24);1H. The van der Waals surface area contributed by atoms with E-state index in [-0.39, 0.29) is 30.1 Å². The first-order valence-electron chi connectivity index (χ1n) is 10.2. The Morgan fingerprint density at radius 3 is 2.43 bits per heavy atom. The predicted octanol–water partition coefficient (Wildman–Crippen LogP) is 2.70. The van der Waals surface area contributed by atoms with Crippen LogP contribution in [0.3, 0.4) is 0 Å². The molecule has 1 aliphatic rings. The highest BCUT2D eigenvalue weighted by Gasteiger charge is 2.14. The quantitative estimate of drug-likeness (QED) is 0.325. The number of nitrogens with zero attached hydrogens (tertiary/aromatic N) is 3. The van der Waals surface area contributed by atoms with Crippen molar-refractivity contribution in [2.24, 2.45) is 4.99 Å². The summed E-state index contributed by atoms with van der Waals surface area (Å²) in [7, 11) is 1.82. The molecule has 160 valence electrons. The van der Waals surface area contributed by atoms with E-state index >= 15 is 0 Å². The van der Waals surface area contributed by atoms with Crippen LogP contribution in [0.1, 0.15) is 31.9 Å². The van der Waals surface area contributed by atoms with Gasteiger partial charge in [-0.1, -0.05) is 19.1 Å². The molecule has 6 nitrogen and oxygen atoms in total. The summed E-state index contributed by atoms with van der Waals surface area (Å²) in [6, 6.07) is 6.35. The molecule has 0 amide bonds. The zero-order chi connectivity index (χ0) is 19.6. The van der Waals surface area contributed by atoms with Crippen molar-refractivity contribution in [3.05, 3.63) is 29.3 Å². The van der Waals surface area contributed by atoms with Crippen molar-refractivity contribution in [1.29, 1.82) is 0 Å². The van der Waals surface area contributed by atoms with Crippen LogP contribution in [0.2, 0.25) is 0 Å². The Hall–Kier alpha value is -1.06. The van der Waals surface area contributed by atoms with E-state index in [1.54, 1.807) is 0 Å². The first kappa shape index (κ1) is 25.0. The average Bonchev–Trinajstić information content (AvgIpc) is 2.65. The van der Waals surface area contributed by atoms with Crippen molar-refractivity contribution in [1.82, 2.24) is 20.4 Å². The lowest BCUT2D eigenvalue weighted by atomic mass is 10.1. The van der Waals surface area contributed by atoms with Gasteiger partial charge >= 0.3 is 0 Å². The molecule has 28 heavy (non-hydrogen) atoms. The molecule has 1 saturated heterocycles. The number of nitrogens with one attached hydrogen (secondary N) is 2. The van der Waals surface area contributed by atoms with Gasteiger partial charge in [0, 0.05) is 58.4 Å². The molecule has 1 aromatic rings. The van der Waals surface area contributed by atoms with Crippen LogP contribution in [0.4, 0.5) is 0 Å². The summed E-state index contributed by atoms with van der Waals surface area (Å²) >= 11 is 0. The third-order valence-electron chi connectivity index (χ3n) is 4.89. The van der Waals surface area contributed by atoms with E-state index in [0.29, 0.717) is 6.54 Å². The maximum absolute atomic E-state index is 5.96. The van der Waals surface area contributed by atoms with E-state index in [2.05, 4.69) is 71.3 Å². The van der Waals surface area contributed by atoms with Crippen LogP contribution in [-0.4, -0.2) is 74.7 Å². The van der Waals surface area contributed by atoms with Crippen LogP contribution in [0.15, 0.2) is 23.2 Å². The number of halogens is 1. The van der Waals surface area contributed by atoms with Gasteiger partial charge in [-0.2, -0.15) is 0 Å². The molecule has 0 aliphatic carbocycles. The number of hydrogen-bond acceptors (Lipinski definition) is 4. The summed E-state index contributed by atoms with van der Waals surface area (Å²) in [5, 5.41) is 6.83. The van der Waals surface area contributed by atoms with Gasteiger partial charge in [0.2, 0.25) is 0 Å². The summed E-state index contributed by atoms with van der Waals surface area (Å²) in [6.07, 6.45) is 0.163. The highest BCUT2D eigenvalue weighted by atomic mass is 127. The third-order valence-corrected chi connectivity index (χ3v) is 4.89. The zero-order valence-corrected chi connectivity index (χ0v) is 20.5. The molecule has 1 heterocycles. The van der Waals surface area contributed by atoms with Crippen molar-refractivity contribution in [3.63, 3.8) is 0 Å². The molecule has 0 unspecified atom stereocenters. The Morgan fingerprint density at radius 1 is 1.14 bits per heavy atom. The molecule has 1 aromatic carbocycles. The Balaban J connectivity index is 0.00000392. The molecule has 0 saturated carbocycles. The Bertz CT molecular complexity index is 600. The van der Waals surface area contributed by atoms with Gasteiger partial charge < -0.3 is 20.3 Å². The summed E-state index contributed by atoms with van der Waals surface area (Å²) in [5.74, 6) is 1.78. The minimum Gasteiger partial charge on any atom is -0.491 e. The summed E-state index contributed by atoms with van der Waals surface area (Å²) in [4.78, 5) is 9.36. The number of aliphatic imine (C=N–C) groups is 1. The van der Waals surface area contributed by atoms with Crippen molar-refractivity contribution in [3.8, 4) is 5.75 Å². The Morgan fingerprint density at radius 2 is 1.82 bits per heavy atom. The van der Waals surface area contributed by atoms with E-state index < -0.39 is 0 Å². The van der Waals surface area contributed by atoms with Gasteiger partial charge in [-0.05, 0) is 38.9 Å². The molecule has 0 spiro atoms. The minimum atomic E-state index is 0. The fraction of sp³-hybridized carbons (Fsp3) is 0.667. The largest absolute Gasteiger partial charge is 0.491 e. The van der Waals surface area contributed by atoms with Crippen molar-refractivity contribution in [2.45, 2.75) is 40.3 Å². The summed E-state index contributed by atoms with van der Waals surface area (Å²) in [5.41, 5.74) is 2.35. The molecule has 1 fully saturated rings. The van der Waals surface area contributed by atoms with Gasteiger partial charge in [0.25, 0.3) is 0 Å². The first-order valence-corrected chi connectivity index (χ1v) is 10.2. The van der Waals surface area contributed by atoms with Gasteiger partial charge in [0.05, 0.1) is 6.10 Å². The molecule has 0 aromatic heterocycles. The predicted molar refractivity (Wildman–Crippen MR) is 129 cm³/mol. The van der Waals surface area contributed by atoms with E-state index in [9.17, 15) is 0 Å². The van der Waals surface area contributed by atoms with Crippen LogP contribution in [0, 0.1) is 6.92 Å². The monoisotopic (exact) mass is 503 g/mol. The Labute approximate surface area is 188 Å². The number of ether oxygens (including phenoxy) is 1. The van der Waals surface area contributed by atoms with Crippen LogP contribution in [0.25, 0.3) is 0 Å². The second-order valence-corrected chi connectivity index (χ2v) is 7.41. The minimum absolute atomic E-state index is 0. The maximum Gasteiger partial charge on any atom is 0.191 e. The van der Waals surface area contributed by atoms with Crippen LogP contribution in [0.5, 0.6) is 5.75 Å². The SMILES string of the molecule is CCN1CCN(CCNC(=NC)NCc2ccc(C)cc2OC(C)C)CC1.I. The fourth-order valence-corrected chi connectivity index (χ4v) is 3.23. The number of piperazine rings is 1. The maximum atomic E-state index is 5.96. The van der Waals surface area contributed by atoms with Crippen LogP contribution < -0.4 is 15.4 Å². The molecule has 2 N–H and O–H groups in total. The number of likely N-dealkylation sites (N-methyl/N-ethyl adjacent to an activating group) is 1. The summed E-state index contributed by atoms with van der Waals surface area (Å²) < 4.78 is 5.96. The molecule has 0 radical (unpaired) electrons. The topological polar surface area (TPSA) is 52.1 Å². The number of guanidine groups is 1. The second-order valence-electron chi connectivity index (χ2n) is 7.41. The number of hydrogen-bond donors (Lipinski definition) is 2. The van der Waals surface area contributed by atoms with Crippen molar-refractivity contribution < 1.29 is 4.74 Å². The van der Waals surface area contributed by atoms with Crippen molar-refractivity contribution >= 4 is 29.9 Å². The van der Waals surface area contributed by atoms with Gasteiger partial charge in [0.1, 0.15) is 5.75 Å². The lowest BCUT2D eigenvalue weighted by Gasteiger charge is -2.34. The molecule has 0 bridgehead atoms. The van der Waals surface area contributed by atoms with E-state index in [0.717, 1.165) is 50.0 Å². The van der Waals surface area contributed by atoms with E-state index in [1.165, 1.54) is 18.7 Å². The molecule has 1 aliphatic heterocycles. The van der Waals surface area contributed by atoms with E-state index in [4.69, 9.17) is 4.74 Å². The normalized spacial score (nSPS) is 16.0. The lowest BCUT2D eigenvalue weighted by Crippen LogP contribution is -2.49. The molecular formula is C21H38IN5O. The number of rotatable bonds is 8. The number of aryl methyl sites for hydroxylation is 1. The fourth-order valence-electron chi connectivity index (χ4n) is 3.23. The van der Waals surface area contributed by atoms with Gasteiger partial charge in [-0.3, -0.25) is 9.89 Å². The molecular weight excluding hydrogens is 465 g/mol. The van der Waals surface area contributed by atoms with Gasteiger partial charge in [-0.15, -0.1) is 24.0 Å². The van der Waals surface area contributed by atoms with E-state index in [1.807, 2.05) is 7.05 Å². The van der Waals surface area contributed by atoms with Crippen LogP contribution >= 0.6 is 24.0 Å². The molecule has 7 heteroatoms. The average molecular weight is 503 g/mol. The van der Waals surface area contributed by atoms with Crippen molar-refractivity contribution in [2.75, 3.05) is 52.9 Å². The lowest BCUT2D eigenvalue weighted by molar-refractivity contribution is 0.139. The smallest absolute Gasteiger partial charge is 0.191 e. The van der Waals surface area contributed by atoms with Crippen LogP contribution in [-0.2, 0) is 6.54 Å². The summed E-state index contributed by atoms with van der Waals surface area (Å²) in [6.45, 7) is 16.9. The molecule has 0 atom stereocenters.